The standard InChI is InChI=1S/C15H21N3O2/c16-14(18-20)6-3-9-17-15(19)13-8-7-11-4-1-2-5-12(11)10-13/h1-2,4-5,13,20H,3,6-10H2,(H2,16,18)(H,17,19). The van der Waals surface area contributed by atoms with Gasteiger partial charge in [-0.2, -0.15) is 0 Å². The lowest BCUT2D eigenvalue weighted by atomic mass is 9.83. The van der Waals surface area contributed by atoms with Crippen LogP contribution in [0, 0.1) is 5.92 Å². The summed E-state index contributed by atoms with van der Waals surface area (Å²) in [5.74, 6) is 0.374. The van der Waals surface area contributed by atoms with Gasteiger partial charge in [0.1, 0.15) is 5.84 Å². The first-order valence-corrected chi connectivity index (χ1v) is 7.01. The van der Waals surface area contributed by atoms with E-state index >= 15 is 0 Å². The predicted molar refractivity (Wildman–Crippen MR) is 77.6 cm³/mol. The number of hydrogen-bond donors (Lipinski definition) is 3. The van der Waals surface area contributed by atoms with Crippen molar-refractivity contribution in [1.82, 2.24) is 5.32 Å². The van der Waals surface area contributed by atoms with E-state index in [1.165, 1.54) is 11.1 Å². The zero-order chi connectivity index (χ0) is 14.4. The Hall–Kier alpha value is -2.04. The lowest BCUT2D eigenvalue weighted by Crippen LogP contribution is -2.34. The number of carbonyl (C=O) groups excluding carboxylic acids is 1. The topological polar surface area (TPSA) is 87.7 Å². The average molecular weight is 275 g/mol. The van der Waals surface area contributed by atoms with Gasteiger partial charge in [-0.15, -0.1) is 0 Å². The Balaban J connectivity index is 1.77. The summed E-state index contributed by atoms with van der Waals surface area (Å²) in [5, 5.41) is 14.2. The third kappa shape index (κ3) is 3.73. The van der Waals surface area contributed by atoms with E-state index in [-0.39, 0.29) is 17.7 Å². The fourth-order valence-electron chi connectivity index (χ4n) is 2.60. The maximum absolute atomic E-state index is 12.1. The normalized spacial score (nSPS) is 18.4. The summed E-state index contributed by atoms with van der Waals surface area (Å²) < 4.78 is 0. The molecule has 5 nitrogen and oxygen atoms in total. The van der Waals surface area contributed by atoms with Crippen LogP contribution >= 0.6 is 0 Å². The Morgan fingerprint density at radius 2 is 2.15 bits per heavy atom. The van der Waals surface area contributed by atoms with Crippen molar-refractivity contribution in [1.29, 1.82) is 0 Å². The number of nitrogens with two attached hydrogens (primary N) is 1. The van der Waals surface area contributed by atoms with Crippen molar-refractivity contribution in [3.8, 4) is 0 Å². The van der Waals surface area contributed by atoms with Crippen LogP contribution < -0.4 is 11.1 Å². The van der Waals surface area contributed by atoms with Gasteiger partial charge < -0.3 is 16.3 Å². The van der Waals surface area contributed by atoms with Crippen molar-refractivity contribution >= 4 is 11.7 Å². The molecule has 0 aliphatic heterocycles. The van der Waals surface area contributed by atoms with Crippen LogP contribution in [-0.4, -0.2) is 23.5 Å². The SMILES string of the molecule is N/C(CCCNC(=O)C1CCc2ccccc2C1)=N/O. The molecule has 1 aromatic rings. The van der Waals surface area contributed by atoms with Crippen molar-refractivity contribution in [2.24, 2.45) is 16.8 Å². The Morgan fingerprint density at radius 1 is 1.40 bits per heavy atom. The molecule has 0 fully saturated rings. The van der Waals surface area contributed by atoms with Gasteiger partial charge in [0.25, 0.3) is 0 Å². The number of hydrogen-bond acceptors (Lipinski definition) is 3. The van der Waals surface area contributed by atoms with Crippen molar-refractivity contribution in [3.63, 3.8) is 0 Å². The van der Waals surface area contributed by atoms with E-state index in [1.807, 2.05) is 12.1 Å². The third-order valence-electron chi connectivity index (χ3n) is 3.75. The number of rotatable bonds is 5. The number of benzene rings is 1. The first kappa shape index (κ1) is 14.4. The van der Waals surface area contributed by atoms with Gasteiger partial charge >= 0.3 is 0 Å². The molecule has 20 heavy (non-hydrogen) atoms. The molecular weight excluding hydrogens is 254 g/mol. The van der Waals surface area contributed by atoms with E-state index in [0.29, 0.717) is 19.4 Å². The molecule has 1 atom stereocenters. The van der Waals surface area contributed by atoms with E-state index in [9.17, 15) is 4.79 Å². The maximum Gasteiger partial charge on any atom is 0.223 e. The van der Waals surface area contributed by atoms with Crippen LogP contribution in [0.5, 0.6) is 0 Å². The number of amides is 1. The van der Waals surface area contributed by atoms with Crippen LogP contribution in [0.25, 0.3) is 0 Å². The fourth-order valence-corrected chi connectivity index (χ4v) is 2.60. The van der Waals surface area contributed by atoms with Crippen LogP contribution in [0.3, 0.4) is 0 Å². The summed E-state index contributed by atoms with van der Waals surface area (Å²) in [4.78, 5) is 12.1. The molecule has 5 heteroatoms. The third-order valence-corrected chi connectivity index (χ3v) is 3.75. The summed E-state index contributed by atoms with van der Waals surface area (Å²) in [5.41, 5.74) is 8.02. The minimum absolute atomic E-state index is 0.0637. The number of carbonyl (C=O) groups is 1. The average Bonchev–Trinajstić information content (AvgIpc) is 2.50. The van der Waals surface area contributed by atoms with E-state index < -0.39 is 0 Å². The second-order valence-corrected chi connectivity index (χ2v) is 5.19. The highest BCUT2D eigenvalue weighted by Gasteiger charge is 2.23. The zero-order valence-corrected chi connectivity index (χ0v) is 11.5. The van der Waals surface area contributed by atoms with Crippen molar-refractivity contribution in [2.45, 2.75) is 32.1 Å². The van der Waals surface area contributed by atoms with Crippen molar-refractivity contribution in [2.75, 3.05) is 6.54 Å². The first-order valence-electron chi connectivity index (χ1n) is 7.01. The molecular formula is C15H21N3O2. The Labute approximate surface area is 118 Å². The molecule has 108 valence electrons. The fraction of sp³-hybridized carbons (Fsp3) is 0.467. The van der Waals surface area contributed by atoms with Crippen molar-refractivity contribution in [3.05, 3.63) is 35.4 Å². The minimum Gasteiger partial charge on any atom is -0.409 e. The van der Waals surface area contributed by atoms with Crippen molar-refractivity contribution < 1.29 is 10.0 Å². The van der Waals surface area contributed by atoms with Crippen LogP contribution in [0.4, 0.5) is 0 Å². The summed E-state index contributed by atoms with van der Waals surface area (Å²) in [6, 6.07) is 8.32. The summed E-state index contributed by atoms with van der Waals surface area (Å²) in [6.45, 7) is 0.563. The van der Waals surface area contributed by atoms with E-state index in [0.717, 1.165) is 19.3 Å². The molecule has 0 saturated carbocycles. The van der Waals surface area contributed by atoms with Gasteiger partial charge in [-0.25, -0.2) is 0 Å². The van der Waals surface area contributed by atoms with Crippen LogP contribution in [0.2, 0.25) is 0 Å². The van der Waals surface area contributed by atoms with Gasteiger partial charge in [0, 0.05) is 18.9 Å². The number of amidine groups is 1. The number of nitrogens with zero attached hydrogens (tertiary/aromatic N) is 1. The molecule has 1 aliphatic rings. The van der Waals surface area contributed by atoms with E-state index in [1.54, 1.807) is 0 Å². The van der Waals surface area contributed by atoms with Gasteiger partial charge in [-0.3, -0.25) is 4.79 Å². The first-order chi connectivity index (χ1) is 9.70. The quantitative estimate of drug-likeness (QED) is 0.250. The molecule has 0 heterocycles. The molecule has 2 rings (SSSR count). The molecule has 0 aromatic heterocycles. The van der Waals surface area contributed by atoms with E-state index in [2.05, 4.69) is 22.6 Å². The molecule has 1 unspecified atom stereocenters. The second-order valence-electron chi connectivity index (χ2n) is 5.19. The van der Waals surface area contributed by atoms with E-state index in [4.69, 9.17) is 10.9 Å². The summed E-state index contributed by atoms with van der Waals surface area (Å²) in [7, 11) is 0. The van der Waals surface area contributed by atoms with Gasteiger partial charge in [0.05, 0.1) is 0 Å². The van der Waals surface area contributed by atoms with Gasteiger partial charge in [-0.05, 0) is 36.8 Å². The molecule has 0 saturated heterocycles. The van der Waals surface area contributed by atoms with Gasteiger partial charge in [-0.1, -0.05) is 29.4 Å². The Morgan fingerprint density at radius 3 is 2.90 bits per heavy atom. The minimum atomic E-state index is 0.0637. The number of fused-ring (bicyclic) bond motifs is 1. The monoisotopic (exact) mass is 275 g/mol. The molecule has 1 aliphatic carbocycles. The number of aryl methyl sites for hydroxylation is 1. The highest BCUT2D eigenvalue weighted by molar-refractivity contribution is 5.80. The molecule has 0 radical (unpaired) electrons. The van der Waals surface area contributed by atoms with Gasteiger partial charge in [0.2, 0.25) is 5.91 Å². The predicted octanol–water partition coefficient (Wildman–Crippen LogP) is 1.43. The van der Waals surface area contributed by atoms with Crippen LogP contribution in [0.15, 0.2) is 29.4 Å². The molecule has 0 spiro atoms. The van der Waals surface area contributed by atoms with Crippen LogP contribution in [0.1, 0.15) is 30.4 Å². The zero-order valence-electron chi connectivity index (χ0n) is 11.5. The molecule has 1 aromatic carbocycles. The largest absolute Gasteiger partial charge is 0.409 e. The summed E-state index contributed by atoms with van der Waals surface area (Å²) in [6.07, 6.45) is 3.87. The number of oxime groups is 1. The molecule has 4 N–H and O–H groups in total. The number of nitrogens with one attached hydrogen (secondary N) is 1. The van der Waals surface area contributed by atoms with Gasteiger partial charge in [0.15, 0.2) is 0 Å². The maximum atomic E-state index is 12.1. The molecule has 0 bridgehead atoms. The lowest BCUT2D eigenvalue weighted by Gasteiger charge is -2.23. The molecule has 1 amide bonds. The highest BCUT2D eigenvalue weighted by atomic mass is 16.4. The smallest absolute Gasteiger partial charge is 0.223 e. The highest BCUT2D eigenvalue weighted by Crippen LogP contribution is 2.25. The second kappa shape index (κ2) is 6.93. The summed E-state index contributed by atoms with van der Waals surface area (Å²) >= 11 is 0. The lowest BCUT2D eigenvalue weighted by molar-refractivity contribution is -0.125. The Kier molecular flexibility index (Phi) is 4.98. The van der Waals surface area contributed by atoms with Crippen LogP contribution in [-0.2, 0) is 17.6 Å². The Bertz CT molecular complexity index is 500.